The smallest absolute Gasteiger partial charge is 0.177 e. The predicted molar refractivity (Wildman–Crippen MR) is 133 cm³/mol. The number of fused-ring (bicyclic) bond motifs is 2. The number of benzene rings is 1. The van der Waals surface area contributed by atoms with E-state index >= 15 is 0 Å². The molecule has 1 aromatic carbocycles. The van der Waals surface area contributed by atoms with Crippen molar-refractivity contribution in [3.63, 3.8) is 0 Å². The molecule has 1 unspecified atom stereocenters. The first kappa shape index (κ1) is 21.4. The Bertz CT molecular complexity index is 1560. The fraction of sp³-hybridized carbons (Fsp3) is 0.308. The fourth-order valence-electron chi connectivity index (χ4n) is 4.14. The fourth-order valence-corrected chi connectivity index (χ4v) is 4.14. The highest BCUT2D eigenvalue weighted by atomic mass is 16.6. The van der Waals surface area contributed by atoms with Gasteiger partial charge in [0.05, 0.1) is 11.7 Å². The minimum absolute atomic E-state index is 0.0254. The van der Waals surface area contributed by atoms with Gasteiger partial charge in [0.1, 0.15) is 18.0 Å². The van der Waals surface area contributed by atoms with Crippen molar-refractivity contribution in [3.8, 4) is 11.1 Å². The standard InChI is InChI=1S/C26H26N8O/c1-16(19-6-7-24-20(10-19)11-21(12-27-24)22-13-28-33(3)14-22)26-30-29-25-9-8-23(31-34(25)26)17(2)32-35-15-18-4-5-18/h6-14,16,18H,4-5,15H2,1-3H3. The average Bonchev–Trinajstić information content (AvgIpc) is 3.44. The molecule has 4 heterocycles. The third-order valence-corrected chi connectivity index (χ3v) is 6.50. The van der Waals surface area contributed by atoms with Crippen molar-refractivity contribution in [1.82, 2.24) is 34.6 Å². The molecule has 0 amide bonds. The molecule has 0 saturated heterocycles. The summed E-state index contributed by atoms with van der Waals surface area (Å²) in [7, 11) is 1.91. The van der Waals surface area contributed by atoms with Crippen LogP contribution in [0, 0.1) is 5.92 Å². The van der Waals surface area contributed by atoms with E-state index in [0.29, 0.717) is 18.2 Å². The van der Waals surface area contributed by atoms with Crippen LogP contribution in [0.25, 0.3) is 27.7 Å². The molecule has 0 bridgehead atoms. The van der Waals surface area contributed by atoms with Gasteiger partial charge in [-0.2, -0.15) is 14.7 Å². The average molecular weight is 467 g/mol. The highest BCUT2D eigenvalue weighted by Gasteiger charge is 2.22. The lowest BCUT2D eigenvalue weighted by Gasteiger charge is -2.12. The zero-order valence-electron chi connectivity index (χ0n) is 20.0. The summed E-state index contributed by atoms with van der Waals surface area (Å²) in [6.07, 6.45) is 8.19. The minimum Gasteiger partial charge on any atom is -0.395 e. The number of rotatable bonds is 7. The second kappa shape index (κ2) is 8.57. The minimum atomic E-state index is -0.0254. The number of oxime groups is 1. The summed E-state index contributed by atoms with van der Waals surface area (Å²) in [5, 5.41) is 23.2. The van der Waals surface area contributed by atoms with Crippen molar-refractivity contribution in [2.45, 2.75) is 32.6 Å². The van der Waals surface area contributed by atoms with Crippen LogP contribution < -0.4 is 0 Å². The summed E-state index contributed by atoms with van der Waals surface area (Å²) in [5.74, 6) is 1.40. The Morgan fingerprint density at radius 3 is 2.80 bits per heavy atom. The number of aromatic nitrogens is 7. The Balaban J connectivity index is 1.32. The van der Waals surface area contributed by atoms with Crippen LogP contribution in [0.15, 0.2) is 60.1 Å². The molecule has 9 heteroatoms. The van der Waals surface area contributed by atoms with E-state index in [1.807, 2.05) is 50.8 Å². The molecule has 176 valence electrons. The van der Waals surface area contributed by atoms with Gasteiger partial charge >= 0.3 is 0 Å². The SMILES string of the molecule is CC(=NOCC1CC1)c1ccc2nnc(C(C)c3ccc4ncc(-c5cnn(C)c5)cc4c3)n2n1. The van der Waals surface area contributed by atoms with E-state index in [4.69, 9.17) is 9.94 Å². The van der Waals surface area contributed by atoms with E-state index in [2.05, 4.69) is 50.6 Å². The maximum absolute atomic E-state index is 5.49. The molecule has 0 aliphatic heterocycles. The topological polar surface area (TPSA) is 95.4 Å². The molecule has 1 atom stereocenters. The van der Waals surface area contributed by atoms with Gasteiger partial charge in [-0.05, 0) is 61.6 Å². The van der Waals surface area contributed by atoms with Gasteiger partial charge in [0, 0.05) is 41.9 Å². The molecule has 0 spiro atoms. The number of hydrogen-bond acceptors (Lipinski definition) is 7. The Hall–Kier alpha value is -4.14. The van der Waals surface area contributed by atoms with E-state index in [1.165, 1.54) is 12.8 Å². The van der Waals surface area contributed by atoms with Crippen LogP contribution >= 0.6 is 0 Å². The molecule has 4 aromatic heterocycles. The molecule has 6 rings (SSSR count). The molecule has 5 aromatic rings. The van der Waals surface area contributed by atoms with Crippen molar-refractivity contribution in [2.24, 2.45) is 18.1 Å². The Kier molecular flexibility index (Phi) is 5.24. The lowest BCUT2D eigenvalue weighted by atomic mass is 9.98. The molecule has 1 saturated carbocycles. The van der Waals surface area contributed by atoms with Gasteiger partial charge in [-0.3, -0.25) is 9.67 Å². The van der Waals surface area contributed by atoms with Crippen molar-refractivity contribution < 1.29 is 4.84 Å². The number of pyridine rings is 1. The third-order valence-electron chi connectivity index (χ3n) is 6.50. The maximum atomic E-state index is 5.49. The van der Waals surface area contributed by atoms with Gasteiger partial charge in [-0.1, -0.05) is 18.1 Å². The molecule has 1 aliphatic rings. The van der Waals surface area contributed by atoms with E-state index in [9.17, 15) is 0 Å². The monoisotopic (exact) mass is 466 g/mol. The van der Waals surface area contributed by atoms with Crippen molar-refractivity contribution in [3.05, 3.63) is 72.1 Å². The lowest BCUT2D eigenvalue weighted by molar-refractivity contribution is 0.134. The molecule has 1 aliphatic carbocycles. The van der Waals surface area contributed by atoms with Gasteiger partial charge in [0.25, 0.3) is 0 Å². The molecule has 0 N–H and O–H groups in total. The molecular weight excluding hydrogens is 440 g/mol. The van der Waals surface area contributed by atoms with Crippen LogP contribution in [-0.4, -0.2) is 46.9 Å². The number of nitrogens with zero attached hydrogens (tertiary/aromatic N) is 8. The van der Waals surface area contributed by atoms with Crippen LogP contribution in [0.3, 0.4) is 0 Å². The summed E-state index contributed by atoms with van der Waals surface area (Å²) in [6, 6.07) is 12.3. The normalized spacial score (nSPS) is 15.1. The molecule has 9 nitrogen and oxygen atoms in total. The molecular formula is C26H26N8O. The summed E-state index contributed by atoms with van der Waals surface area (Å²) in [5.41, 5.74) is 6.31. The van der Waals surface area contributed by atoms with Crippen LogP contribution in [0.4, 0.5) is 0 Å². The van der Waals surface area contributed by atoms with Crippen LogP contribution in [0.1, 0.15) is 49.7 Å². The van der Waals surface area contributed by atoms with Crippen LogP contribution in [-0.2, 0) is 11.9 Å². The van der Waals surface area contributed by atoms with Gasteiger partial charge < -0.3 is 4.84 Å². The predicted octanol–water partition coefficient (Wildman–Crippen LogP) is 4.38. The number of hydrogen-bond donors (Lipinski definition) is 0. The second-order valence-corrected chi connectivity index (χ2v) is 9.26. The number of aryl methyl sites for hydroxylation is 1. The van der Waals surface area contributed by atoms with E-state index in [-0.39, 0.29) is 5.92 Å². The molecule has 35 heavy (non-hydrogen) atoms. The highest BCUT2D eigenvalue weighted by molar-refractivity contribution is 5.96. The molecule has 1 fully saturated rings. The lowest BCUT2D eigenvalue weighted by Crippen LogP contribution is -2.09. The van der Waals surface area contributed by atoms with Gasteiger partial charge in [-0.25, -0.2) is 0 Å². The van der Waals surface area contributed by atoms with E-state index < -0.39 is 0 Å². The summed E-state index contributed by atoms with van der Waals surface area (Å²) < 4.78 is 3.59. The van der Waals surface area contributed by atoms with Gasteiger partial charge in [-0.15, -0.1) is 10.2 Å². The third kappa shape index (κ3) is 4.25. The van der Waals surface area contributed by atoms with E-state index in [0.717, 1.165) is 44.8 Å². The van der Waals surface area contributed by atoms with E-state index in [1.54, 1.807) is 9.20 Å². The summed E-state index contributed by atoms with van der Waals surface area (Å²) in [4.78, 5) is 10.1. The van der Waals surface area contributed by atoms with Crippen LogP contribution in [0.5, 0.6) is 0 Å². The van der Waals surface area contributed by atoms with Crippen molar-refractivity contribution in [2.75, 3.05) is 6.61 Å². The Morgan fingerprint density at radius 1 is 1.11 bits per heavy atom. The van der Waals surface area contributed by atoms with Crippen LogP contribution in [0.2, 0.25) is 0 Å². The van der Waals surface area contributed by atoms with Crippen molar-refractivity contribution >= 4 is 22.3 Å². The molecule has 0 radical (unpaired) electrons. The van der Waals surface area contributed by atoms with Crippen molar-refractivity contribution in [1.29, 1.82) is 0 Å². The second-order valence-electron chi connectivity index (χ2n) is 9.26. The largest absolute Gasteiger partial charge is 0.395 e. The summed E-state index contributed by atoms with van der Waals surface area (Å²) >= 11 is 0. The maximum Gasteiger partial charge on any atom is 0.177 e. The zero-order chi connectivity index (χ0) is 23.9. The van der Waals surface area contributed by atoms with Gasteiger partial charge in [0.2, 0.25) is 0 Å². The highest BCUT2D eigenvalue weighted by Crippen LogP contribution is 2.29. The summed E-state index contributed by atoms with van der Waals surface area (Å²) in [6.45, 7) is 4.70. The Labute approximate surface area is 202 Å². The zero-order valence-corrected chi connectivity index (χ0v) is 20.0. The first-order valence-corrected chi connectivity index (χ1v) is 11.8. The van der Waals surface area contributed by atoms with Gasteiger partial charge in [0.15, 0.2) is 11.5 Å². The Morgan fingerprint density at radius 2 is 2.00 bits per heavy atom. The first-order valence-electron chi connectivity index (χ1n) is 11.8. The quantitative estimate of drug-likeness (QED) is 0.261. The first-order chi connectivity index (χ1) is 17.0.